The minimum atomic E-state index is -3.70. The average Bonchev–Trinajstić information content (AvgIpc) is 2.91. The fourth-order valence-electron chi connectivity index (χ4n) is 4.64. The molecule has 1 aliphatic carbocycles. The third-order valence-electron chi connectivity index (χ3n) is 6.76. The summed E-state index contributed by atoms with van der Waals surface area (Å²) in [5.41, 5.74) is 9.49. The number of benzene rings is 2. The SMILES string of the molecule is CS(=O)(=O)NC(=O)c1ccc(-c2ccc(CCNC[C@@H](O)c3ccc(N)nc3)cc2)cc1OC1CCCCC1. The second kappa shape index (κ2) is 13.1. The molecular weight excluding hydrogens is 516 g/mol. The fourth-order valence-corrected chi connectivity index (χ4v) is 5.09. The van der Waals surface area contributed by atoms with E-state index in [0.717, 1.165) is 55.1 Å². The van der Waals surface area contributed by atoms with Crippen molar-refractivity contribution in [1.82, 2.24) is 15.0 Å². The Morgan fingerprint density at radius 1 is 1.08 bits per heavy atom. The van der Waals surface area contributed by atoms with E-state index in [0.29, 0.717) is 30.2 Å². The summed E-state index contributed by atoms with van der Waals surface area (Å²) < 4.78 is 31.6. The average molecular weight is 553 g/mol. The van der Waals surface area contributed by atoms with Gasteiger partial charge in [-0.2, -0.15) is 0 Å². The summed E-state index contributed by atoms with van der Waals surface area (Å²) in [6, 6.07) is 16.8. The molecule has 1 aromatic heterocycles. The quantitative estimate of drug-likeness (QED) is 0.264. The number of nitrogens with two attached hydrogens (primary N) is 1. The van der Waals surface area contributed by atoms with Gasteiger partial charge in [0.15, 0.2) is 0 Å². The summed E-state index contributed by atoms with van der Waals surface area (Å²) in [5, 5.41) is 13.6. The zero-order chi connectivity index (χ0) is 27.8. The van der Waals surface area contributed by atoms with Crippen LogP contribution in [0.5, 0.6) is 5.75 Å². The predicted octanol–water partition coefficient (Wildman–Crippen LogP) is 3.60. The number of hydrogen-bond acceptors (Lipinski definition) is 8. The van der Waals surface area contributed by atoms with Gasteiger partial charge in [0.05, 0.1) is 24.0 Å². The number of aliphatic hydroxyl groups excluding tert-OH is 1. The number of nitrogens with one attached hydrogen (secondary N) is 2. The van der Waals surface area contributed by atoms with Crippen LogP contribution in [0.15, 0.2) is 60.8 Å². The molecule has 10 heteroatoms. The molecule has 0 bridgehead atoms. The molecule has 1 aliphatic rings. The molecule has 0 spiro atoms. The van der Waals surface area contributed by atoms with Crippen LogP contribution in [0.4, 0.5) is 5.82 Å². The number of nitrogen functional groups attached to an aromatic ring is 1. The first-order valence-electron chi connectivity index (χ1n) is 13.2. The van der Waals surface area contributed by atoms with Gasteiger partial charge in [0.2, 0.25) is 10.0 Å². The van der Waals surface area contributed by atoms with Crippen LogP contribution < -0.4 is 20.5 Å². The molecule has 1 heterocycles. The van der Waals surface area contributed by atoms with Crippen LogP contribution in [0.2, 0.25) is 0 Å². The minimum absolute atomic E-state index is 0.00321. The van der Waals surface area contributed by atoms with Gasteiger partial charge in [-0.1, -0.05) is 42.8 Å². The molecule has 1 amide bonds. The number of amides is 1. The van der Waals surface area contributed by atoms with Gasteiger partial charge in [-0.3, -0.25) is 4.79 Å². The molecule has 4 rings (SSSR count). The van der Waals surface area contributed by atoms with Crippen molar-refractivity contribution in [3.8, 4) is 16.9 Å². The molecule has 5 N–H and O–H groups in total. The number of ether oxygens (including phenoxy) is 1. The molecule has 1 fully saturated rings. The molecule has 1 saturated carbocycles. The Morgan fingerprint density at radius 3 is 2.46 bits per heavy atom. The first kappa shape index (κ1) is 28.5. The molecule has 0 saturated heterocycles. The van der Waals surface area contributed by atoms with E-state index in [-0.39, 0.29) is 11.7 Å². The van der Waals surface area contributed by atoms with E-state index in [4.69, 9.17) is 10.5 Å². The van der Waals surface area contributed by atoms with E-state index >= 15 is 0 Å². The largest absolute Gasteiger partial charge is 0.490 e. The number of aliphatic hydroxyl groups is 1. The lowest BCUT2D eigenvalue weighted by molar-refractivity contribution is 0.0969. The Morgan fingerprint density at radius 2 is 1.79 bits per heavy atom. The Labute approximate surface area is 229 Å². The Bertz CT molecular complexity index is 1360. The van der Waals surface area contributed by atoms with Gasteiger partial charge in [0.25, 0.3) is 5.91 Å². The van der Waals surface area contributed by atoms with E-state index in [1.165, 1.54) is 6.42 Å². The maximum absolute atomic E-state index is 12.7. The highest BCUT2D eigenvalue weighted by Gasteiger charge is 2.21. The number of nitrogens with zero attached hydrogens (tertiary/aromatic N) is 1. The van der Waals surface area contributed by atoms with E-state index in [1.807, 2.05) is 35.1 Å². The summed E-state index contributed by atoms with van der Waals surface area (Å²) in [5.74, 6) is 0.114. The number of aromatic nitrogens is 1. The fraction of sp³-hybridized carbons (Fsp3) is 0.379. The number of hydrogen-bond donors (Lipinski definition) is 4. The second-order valence-electron chi connectivity index (χ2n) is 9.98. The lowest BCUT2D eigenvalue weighted by Crippen LogP contribution is -2.30. The number of pyridine rings is 1. The summed E-state index contributed by atoms with van der Waals surface area (Å²) in [6.45, 7) is 1.11. The molecule has 39 heavy (non-hydrogen) atoms. The maximum atomic E-state index is 12.7. The van der Waals surface area contributed by atoms with Crippen LogP contribution in [0, 0.1) is 0 Å². The Kier molecular flexibility index (Phi) is 9.55. The van der Waals surface area contributed by atoms with Gasteiger partial charge in [0.1, 0.15) is 11.6 Å². The highest BCUT2D eigenvalue weighted by molar-refractivity contribution is 7.89. The topological polar surface area (TPSA) is 144 Å². The molecule has 208 valence electrons. The van der Waals surface area contributed by atoms with Gasteiger partial charge >= 0.3 is 0 Å². The molecule has 2 aromatic carbocycles. The predicted molar refractivity (Wildman–Crippen MR) is 152 cm³/mol. The third-order valence-corrected chi connectivity index (χ3v) is 7.32. The van der Waals surface area contributed by atoms with Gasteiger partial charge in [0, 0.05) is 18.3 Å². The molecule has 3 aromatic rings. The van der Waals surface area contributed by atoms with E-state index < -0.39 is 22.0 Å². The summed E-state index contributed by atoms with van der Waals surface area (Å²) >= 11 is 0. The highest BCUT2D eigenvalue weighted by Crippen LogP contribution is 2.31. The molecule has 0 aliphatic heterocycles. The minimum Gasteiger partial charge on any atom is -0.490 e. The van der Waals surface area contributed by atoms with Crippen molar-refractivity contribution >= 4 is 21.7 Å². The second-order valence-corrected chi connectivity index (χ2v) is 11.7. The van der Waals surface area contributed by atoms with Gasteiger partial charge in [-0.25, -0.2) is 18.1 Å². The molecule has 1 atom stereocenters. The number of anilines is 1. The molecule has 9 nitrogen and oxygen atoms in total. The van der Waals surface area contributed by atoms with E-state index in [2.05, 4.69) is 10.3 Å². The molecular formula is C29H36N4O5S. The molecule has 0 radical (unpaired) electrons. The third kappa shape index (κ3) is 8.51. The van der Waals surface area contributed by atoms with Crippen molar-refractivity contribution < 1.29 is 23.1 Å². The summed E-state index contributed by atoms with van der Waals surface area (Å²) in [6.07, 6.45) is 7.80. The zero-order valence-electron chi connectivity index (χ0n) is 22.1. The van der Waals surface area contributed by atoms with Crippen LogP contribution >= 0.6 is 0 Å². The highest BCUT2D eigenvalue weighted by atomic mass is 32.2. The number of carbonyl (C=O) groups is 1. The van der Waals surface area contributed by atoms with Crippen molar-refractivity contribution in [2.45, 2.75) is 50.7 Å². The van der Waals surface area contributed by atoms with Crippen LogP contribution in [-0.4, -0.2) is 49.9 Å². The van der Waals surface area contributed by atoms with Crippen molar-refractivity contribution in [2.24, 2.45) is 0 Å². The zero-order valence-corrected chi connectivity index (χ0v) is 22.9. The van der Waals surface area contributed by atoms with Crippen molar-refractivity contribution in [3.05, 3.63) is 77.5 Å². The number of rotatable bonds is 11. The number of carbonyl (C=O) groups excluding carboxylic acids is 1. The summed E-state index contributed by atoms with van der Waals surface area (Å²) in [4.78, 5) is 16.7. The Hall–Kier alpha value is -3.47. The van der Waals surface area contributed by atoms with Crippen molar-refractivity contribution in [3.63, 3.8) is 0 Å². The first-order valence-corrected chi connectivity index (χ1v) is 15.1. The van der Waals surface area contributed by atoms with Gasteiger partial charge in [-0.05, 0) is 73.5 Å². The van der Waals surface area contributed by atoms with Crippen LogP contribution in [-0.2, 0) is 16.4 Å². The van der Waals surface area contributed by atoms with Gasteiger partial charge < -0.3 is 20.9 Å². The van der Waals surface area contributed by atoms with Gasteiger partial charge in [-0.15, -0.1) is 0 Å². The normalized spacial score (nSPS) is 15.0. The first-order chi connectivity index (χ1) is 18.7. The van der Waals surface area contributed by atoms with Crippen molar-refractivity contribution in [1.29, 1.82) is 0 Å². The van der Waals surface area contributed by atoms with Crippen molar-refractivity contribution in [2.75, 3.05) is 25.1 Å². The Balaban J connectivity index is 1.40. The van der Waals surface area contributed by atoms with E-state index in [9.17, 15) is 18.3 Å². The monoisotopic (exact) mass is 552 g/mol. The molecule has 0 unspecified atom stereocenters. The van der Waals surface area contributed by atoms with E-state index in [1.54, 1.807) is 30.5 Å². The maximum Gasteiger partial charge on any atom is 0.268 e. The smallest absolute Gasteiger partial charge is 0.268 e. The lowest BCUT2D eigenvalue weighted by Gasteiger charge is -2.24. The summed E-state index contributed by atoms with van der Waals surface area (Å²) in [7, 11) is -3.70. The van der Waals surface area contributed by atoms with Crippen LogP contribution in [0.1, 0.15) is 59.7 Å². The van der Waals surface area contributed by atoms with Crippen LogP contribution in [0.25, 0.3) is 11.1 Å². The number of sulfonamides is 1. The van der Waals surface area contributed by atoms with Crippen LogP contribution in [0.3, 0.4) is 0 Å². The standard InChI is InChI=1S/C29H36N4O5S/c1-39(36,37)33-29(35)25-13-11-22(17-27(25)38-24-5-3-2-4-6-24)21-9-7-20(8-10-21)15-16-31-19-26(34)23-12-14-28(30)32-18-23/h7-14,17-18,24,26,31,34H,2-6,15-16,19H2,1H3,(H2,30,32)(H,33,35)/t26-/m1/s1. The lowest BCUT2D eigenvalue weighted by atomic mass is 9.97.